The summed E-state index contributed by atoms with van der Waals surface area (Å²) in [7, 11) is 0. The van der Waals surface area contributed by atoms with Crippen molar-refractivity contribution in [2.75, 3.05) is 9.80 Å². The Labute approximate surface area is 434 Å². The summed E-state index contributed by atoms with van der Waals surface area (Å²) in [5.74, 6) is 1.01. The predicted molar refractivity (Wildman–Crippen MR) is 309 cm³/mol. The number of rotatable bonds is 9. The third-order valence-electron chi connectivity index (χ3n) is 17.3. The van der Waals surface area contributed by atoms with Crippen LogP contribution in [-0.4, -0.2) is 0 Å². The van der Waals surface area contributed by atoms with Crippen molar-refractivity contribution in [1.29, 1.82) is 0 Å². The molecule has 2 heteroatoms. The molecule has 3 unspecified atom stereocenters. The van der Waals surface area contributed by atoms with Gasteiger partial charge in [0.1, 0.15) is 0 Å². The molecule has 11 aromatic rings. The number of anilines is 6. The van der Waals surface area contributed by atoms with Gasteiger partial charge in [-0.3, -0.25) is 0 Å². The van der Waals surface area contributed by atoms with Gasteiger partial charge in [0.25, 0.3) is 0 Å². The van der Waals surface area contributed by atoms with Crippen LogP contribution in [0.1, 0.15) is 46.2 Å². The van der Waals surface area contributed by atoms with E-state index in [-0.39, 0.29) is 5.41 Å². The zero-order valence-electron chi connectivity index (χ0n) is 41.3. The van der Waals surface area contributed by atoms with Crippen molar-refractivity contribution in [3.8, 4) is 44.5 Å². The molecule has 0 N–H and O–H groups in total. The van der Waals surface area contributed by atoms with Crippen LogP contribution in [0.15, 0.2) is 255 Å². The molecule has 1 saturated carbocycles. The minimum Gasteiger partial charge on any atom is -0.310 e. The molecule has 4 aliphatic carbocycles. The maximum atomic E-state index is 2.60. The van der Waals surface area contributed by atoms with Crippen LogP contribution in [0.2, 0.25) is 0 Å². The van der Waals surface area contributed by atoms with Gasteiger partial charge in [-0.1, -0.05) is 182 Å². The van der Waals surface area contributed by atoms with Crippen molar-refractivity contribution in [2.24, 2.45) is 11.8 Å². The van der Waals surface area contributed by atoms with E-state index in [0.717, 1.165) is 24.9 Å². The van der Waals surface area contributed by atoms with Gasteiger partial charge in [-0.25, -0.2) is 0 Å². The first-order valence-electron chi connectivity index (χ1n) is 26.6. The van der Waals surface area contributed by atoms with E-state index in [1.54, 1.807) is 0 Å². The molecular weight excluding hydrogens is 893 g/mol. The average Bonchev–Trinajstić information content (AvgIpc) is 4.22. The molecule has 3 atom stereocenters. The Morgan fingerprint density at radius 1 is 0.297 bits per heavy atom. The fourth-order valence-electron chi connectivity index (χ4n) is 14.3. The Morgan fingerprint density at radius 3 is 1.32 bits per heavy atom. The Bertz CT molecular complexity index is 3930. The zero-order chi connectivity index (χ0) is 48.7. The zero-order valence-corrected chi connectivity index (χ0v) is 41.3. The topological polar surface area (TPSA) is 6.48 Å². The van der Waals surface area contributed by atoms with Crippen molar-refractivity contribution in [3.63, 3.8) is 0 Å². The third kappa shape index (κ3) is 6.71. The molecule has 11 aromatic carbocycles. The molecule has 2 nitrogen and oxygen atoms in total. The summed E-state index contributed by atoms with van der Waals surface area (Å²) >= 11 is 0. The van der Waals surface area contributed by atoms with Crippen LogP contribution in [0.25, 0.3) is 55.3 Å². The summed E-state index contributed by atoms with van der Waals surface area (Å²) in [5.41, 5.74) is 26.2. The van der Waals surface area contributed by atoms with Crippen LogP contribution < -0.4 is 9.80 Å². The summed E-state index contributed by atoms with van der Waals surface area (Å²) in [6.45, 7) is 0. The second-order valence-corrected chi connectivity index (χ2v) is 21.1. The van der Waals surface area contributed by atoms with E-state index in [1.807, 2.05) is 0 Å². The molecule has 4 aliphatic rings. The molecule has 0 radical (unpaired) electrons. The number of benzene rings is 11. The first-order chi connectivity index (χ1) is 36.7. The second-order valence-electron chi connectivity index (χ2n) is 21.1. The van der Waals surface area contributed by atoms with Gasteiger partial charge in [-0.05, 0) is 205 Å². The summed E-state index contributed by atoms with van der Waals surface area (Å²) in [5, 5.41) is 2.48. The van der Waals surface area contributed by atoms with Crippen molar-refractivity contribution >= 4 is 44.9 Å². The van der Waals surface area contributed by atoms with Crippen LogP contribution in [0.4, 0.5) is 34.1 Å². The van der Waals surface area contributed by atoms with E-state index >= 15 is 0 Å². The molecule has 0 aromatic heterocycles. The highest BCUT2D eigenvalue weighted by Gasteiger charge is 2.62. The number of para-hydroxylation sites is 2. The minimum absolute atomic E-state index is 0.152. The first kappa shape index (κ1) is 42.9. The van der Waals surface area contributed by atoms with Gasteiger partial charge >= 0.3 is 0 Å². The van der Waals surface area contributed by atoms with E-state index in [2.05, 4.69) is 265 Å². The lowest BCUT2D eigenvalue weighted by Gasteiger charge is -2.40. The predicted octanol–water partition coefficient (Wildman–Crippen LogP) is 18.8. The van der Waals surface area contributed by atoms with Gasteiger partial charge < -0.3 is 9.80 Å². The van der Waals surface area contributed by atoms with Gasteiger partial charge in [0.05, 0.1) is 11.4 Å². The molecule has 0 aliphatic heterocycles. The monoisotopic (exact) mass is 946 g/mol. The lowest BCUT2D eigenvalue weighted by Crippen LogP contribution is -2.34. The minimum atomic E-state index is -0.152. The molecular formula is C72H54N2. The number of fused-ring (bicyclic) bond motifs is 6. The molecule has 352 valence electrons. The van der Waals surface area contributed by atoms with E-state index in [1.165, 1.54) is 130 Å². The van der Waals surface area contributed by atoms with Gasteiger partial charge in [0.2, 0.25) is 0 Å². The van der Waals surface area contributed by atoms with Gasteiger partial charge in [-0.2, -0.15) is 0 Å². The fraction of sp³-hybridized carbons (Fsp3) is 0.111. The normalized spacial score (nSPS) is 17.5. The average molecular weight is 947 g/mol. The summed E-state index contributed by atoms with van der Waals surface area (Å²) in [6.07, 6.45) is 5.62. The highest BCUT2D eigenvalue weighted by molar-refractivity contribution is 5.97. The van der Waals surface area contributed by atoms with E-state index in [4.69, 9.17) is 0 Å². The fourth-order valence-corrected chi connectivity index (χ4v) is 14.3. The van der Waals surface area contributed by atoms with Crippen molar-refractivity contribution in [2.45, 2.75) is 37.5 Å². The van der Waals surface area contributed by atoms with E-state index < -0.39 is 0 Å². The van der Waals surface area contributed by atoms with E-state index in [0.29, 0.717) is 11.8 Å². The van der Waals surface area contributed by atoms with Crippen molar-refractivity contribution < 1.29 is 0 Å². The standard InChI is InChI=1S/C72H54N2/c1-4-16-48(17-5-1)49-30-32-50(33-31-49)66-46-52-18-10-11-19-53(52)47-67(66)51-34-38-62(39-35-51)73(60-23-6-2-7-24-60)68-28-14-21-55-43-58-36-37-59-44-56-22-15-29-69(71(56)72(58,59)70(55)68)74(61-25-8-3-9-26-61)63-40-41-65-57(45-63)42-54-20-12-13-27-64(54)65/h1-35,38-41,45-47,58-59H,36-37,42-44H2. The van der Waals surface area contributed by atoms with Crippen LogP contribution in [0.5, 0.6) is 0 Å². The maximum absolute atomic E-state index is 2.60. The van der Waals surface area contributed by atoms with Crippen LogP contribution >= 0.6 is 0 Å². The Kier molecular flexibility index (Phi) is 9.98. The smallest absolute Gasteiger partial charge is 0.0505 e. The Hall–Kier alpha value is -8.72. The van der Waals surface area contributed by atoms with Crippen LogP contribution in [0, 0.1) is 11.8 Å². The molecule has 0 bridgehead atoms. The molecule has 74 heavy (non-hydrogen) atoms. The Balaban J connectivity index is 0.875. The SMILES string of the molecule is c1ccc(-c2ccc(-c3cc4ccccc4cc3-c3ccc(N(c4ccccc4)c4cccc5c4C46c7c(cccc7N(c7ccccc7)c7ccc8c(c7)Cc7ccccc7-8)CC4CCC6C5)cc3)cc2)cc1. The molecule has 0 amide bonds. The summed E-state index contributed by atoms with van der Waals surface area (Å²) < 4.78 is 0. The lowest BCUT2D eigenvalue weighted by molar-refractivity contribution is 0.350. The van der Waals surface area contributed by atoms with Crippen LogP contribution in [0.3, 0.4) is 0 Å². The van der Waals surface area contributed by atoms with Gasteiger partial charge in [0, 0.05) is 28.2 Å². The number of hydrogen-bond acceptors (Lipinski definition) is 2. The second kappa shape index (κ2) is 17.2. The molecule has 15 rings (SSSR count). The number of hydrogen-bond donors (Lipinski definition) is 0. The quantitative estimate of drug-likeness (QED) is 0.142. The van der Waals surface area contributed by atoms with E-state index in [9.17, 15) is 0 Å². The number of nitrogens with zero attached hydrogens (tertiary/aromatic N) is 2. The molecule has 0 heterocycles. The highest BCUT2D eigenvalue weighted by Crippen LogP contribution is 2.69. The maximum Gasteiger partial charge on any atom is 0.0505 e. The first-order valence-corrected chi connectivity index (χ1v) is 26.6. The molecule has 0 saturated heterocycles. The van der Waals surface area contributed by atoms with Gasteiger partial charge in [0.15, 0.2) is 0 Å². The molecule has 1 spiro atoms. The summed E-state index contributed by atoms with van der Waals surface area (Å²) in [6, 6.07) is 95.6. The van der Waals surface area contributed by atoms with Gasteiger partial charge in [-0.15, -0.1) is 0 Å². The third-order valence-corrected chi connectivity index (χ3v) is 17.3. The largest absolute Gasteiger partial charge is 0.310 e. The van der Waals surface area contributed by atoms with Crippen molar-refractivity contribution in [1.82, 2.24) is 0 Å². The Morgan fingerprint density at radius 2 is 0.730 bits per heavy atom. The molecule has 1 fully saturated rings. The van der Waals surface area contributed by atoms with Crippen LogP contribution in [-0.2, 0) is 24.7 Å². The van der Waals surface area contributed by atoms with Crippen molar-refractivity contribution in [3.05, 3.63) is 288 Å². The summed E-state index contributed by atoms with van der Waals surface area (Å²) in [4.78, 5) is 5.17. The lowest BCUT2D eigenvalue weighted by atomic mass is 9.68. The highest BCUT2D eigenvalue weighted by atomic mass is 15.2.